The monoisotopic (exact) mass is 394 g/mol. The normalized spacial score (nSPS) is 16.9. The number of nitrogens with zero attached hydrogens (tertiary/aromatic N) is 3. The first-order chi connectivity index (χ1) is 12.9. The summed E-state index contributed by atoms with van der Waals surface area (Å²) < 4.78 is 27.8. The number of likely N-dealkylation sites (tertiary alicyclic amines) is 1. The van der Waals surface area contributed by atoms with Crippen LogP contribution in [0.25, 0.3) is 11.3 Å². The highest BCUT2D eigenvalue weighted by atomic mass is 32.1. The largest absolute Gasteiger partial charge is 0.331 e. The molecule has 6 nitrogen and oxygen atoms in total. The van der Waals surface area contributed by atoms with Crippen LogP contribution in [-0.2, 0) is 4.79 Å². The van der Waals surface area contributed by atoms with Gasteiger partial charge in [-0.05, 0) is 25.0 Å². The fourth-order valence-electron chi connectivity index (χ4n) is 3.04. The fourth-order valence-corrected chi connectivity index (χ4v) is 3.75. The number of halogens is 2. The molecule has 1 saturated heterocycles. The van der Waals surface area contributed by atoms with E-state index in [0.717, 1.165) is 29.9 Å². The molecule has 2 aromatic rings. The summed E-state index contributed by atoms with van der Waals surface area (Å²) in [7, 11) is 3.34. The molecule has 0 unspecified atom stereocenters. The smallest absolute Gasteiger partial charge is 0.319 e. The van der Waals surface area contributed by atoms with Crippen LogP contribution in [0.5, 0.6) is 0 Å². The van der Waals surface area contributed by atoms with Crippen LogP contribution < -0.4 is 5.32 Å². The van der Waals surface area contributed by atoms with Gasteiger partial charge in [-0.25, -0.2) is 18.6 Å². The Morgan fingerprint density at radius 2 is 2.00 bits per heavy atom. The molecule has 1 aliphatic rings. The lowest BCUT2D eigenvalue weighted by Crippen LogP contribution is -2.47. The average molecular weight is 394 g/mol. The zero-order valence-electron chi connectivity index (χ0n) is 15.0. The highest BCUT2D eigenvalue weighted by molar-refractivity contribution is 7.14. The molecule has 0 bridgehead atoms. The Balaban J connectivity index is 1.68. The molecule has 1 fully saturated rings. The van der Waals surface area contributed by atoms with Crippen molar-refractivity contribution >= 4 is 28.4 Å². The van der Waals surface area contributed by atoms with Crippen molar-refractivity contribution in [2.45, 2.75) is 12.8 Å². The van der Waals surface area contributed by atoms with E-state index in [-0.39, 0.29) is 34.2 Å². The van der Waals surface area contributed by atoms with E-state index >= 15 is 0 Å². The van der Waals surface area contributed by atoms with E-state index in [4.69, 9.17) is 0 Å². The third-order valence-electron chi connectivity index (χ3n) is 4.40. The Bertz CT molecular complexity index is 835. The van der Waals surface area contributed by atoms with E-state index in [0.29, 0.717) is 19.5 Å². The number of hydrogen-bond donors (Lipinski definition) is 1. The summed E-state index contributed by atoms with van der Waals surface area (Å²) in [5.41, 5.74) is -0.0753. The van der Waals surface area contributed by atoms with E-state index in [1.165, 1.54) is 16.3 Å². The zero-order chi connectivity index (χ0) is 19.6. The second-order valence-electron chi connectivity index (χ2n) is 6.59. The van der Waals surface area contributed by atoms with E-state index < -0.39 is 11.6 Å². The molecule has 3 amide bonds. The molecule has 0 spiro atoms. The predicted molar refractivity (Wildman–Crippen MR) is 99.5 cm³/mol. The van der Waals surface area contributed by atoms with Gasteiger partial charge in [0.15, 0.2) is 5.13 Å². The second kappa shape index (κ2) is 7.99. The molecule has 9 heteroatoms. The van der Waals surface area contributed by atoms with Gasteiger partial charge in [0.25, 0.3) is 0 Å². The number of piperidine rings is 1. The maximum atomic E-state index is 13.9. The van der Waals surface area contributed by atoms with E-state index in [1.54, 1.807) is 19.0 Å². The lowest BCUT2D eigenvalue weighted by atomic mass is 9.97. The van der Waals surface area contributed by atoms with Crippen molar-refractivity contribution in [2.75, 3.05) is 32.5 Å². The third kappa shape index (κ3) is 4.24. The van der Waals surface area contributed by atoms with Crippen LogP contribution in [0.3, 0.4) is 0 Å². The molecule has 0 aliphatic carbocycles. The van der Waals surface area contributed by atoms with Crippen molar-refractivity contribution in [3.05, 3.63) is 35.2 Å². The summed E-state index contributed by atoms with van der Waals surface area (Å²) in [5, 5.41) is 4.47. The standard InChI is InChI=1S/C18H20F2N4O2S/c1-23(2)18(26)24-8-4-5-11(9-24)16(25)22-17-21-14(10-27-17)15-12(19)6-3-7-13(15)20/h3,6-7,10-11H,4-5,8-9H2,1-2H3,(H,21,22,25)/t11-/m0/s1. The maximum absolute atomic E-state index is 13.9. The van der Waals surface area contributed by atoms with Gasteiger partial charge in [-0.2, -0.15) is 0 Å². The van der Waals surface area contributed by atoms with Gasteiger partial charge in [-0.3, -0.25) is 4.79 Å². The van der Waals surface area contributed by atoms with Gasteiger partial charge in [0.1, 0.15) is 11.6 Å². The van der Waals surface area contributed by atoms with E-state index in [9.17, 15) is 18.4 Å². The number of aromatic nitrogens is 1. The molecular weight excluding hydrogens is 374 g/mol. The summed E-state index contributed by atoms with van der Waals surface area (Å²) in [4.78, 5) is 31.9. The topological polar surface area (TPSA) is 65.5 Å². The number of amides is 3. The highest BCUT2D eigenvalue weighted by Crippen LogP contribution is 2.29. The minimum atomic E-state index is -0.705. The maximum Gasteiger partial charge on any atom is 0.319 e. The molecular formula is C18H20F2N4O2S. The Morgan fingerprint density at radius 3 is 2.67 bits per heavy atom. The molecule has 2 heterocycles. The zero-order valence-corrected chi connectivity index (χ0v) is 15.9. The first-order valence-electron chi connectivity index (χ1n) is 8.54. The molecule has 27 heavy (non-hydrogen) atoms. The SMILES string of the molecule is CN(C)C(=O)N1CCC[C@H](C(=O)Nc2nc(-c3c(F)cccc3F)cs2)C1. The number of thiazole rings is 1. The van der Waals surface area contributed by atoms with Gasteiger partial charge in [0.2, 0.25) is 5.91 Å². The molecule has 1 aliphatic heterocycles. The lowest BCUT2D eigenvalue weighted by molar-refractivity contribution is -0.121. The first-order valence-corrected chi connectivity index (χ1v) is 9.41. The van der Waals surface area contributed by atoms with Crippen LogP contribution in [0, 0.1) is 17.6 Å². The van der Waals surface area contributed by atoms with Gasteiger partial charge in [0.05, 0.1) is 17.2 Å². The minimum absolute atomic E-state index is 0.126. The van der Waals surface area contributed by atoms with E-state index in [2.05, 4.69) is 10.3 Å². The van der Waals surface area contributed by atoms with Crippen molar-refractivity contribution in [1.82, 2.24) is 14.8 Å². The Hall–Kier alpha value is -2.55. The highest BCUT2D eigenvalue weighted by Gasteiger charge is 2.29. The first kappa shape index (κ1) is 19.2. The molecule has 1 N–H and O–H groups in total. The third-order valence-corrected chi connectivity index (χ3v) is 5.16. The van der Waals surface area contributed by atoms with Gasteiger partial charge >= 0.3 is 6.03 Å². The van der Waals surface area contributed by atoms with Gasteiger partial charge in [-0.15, -0.1) is 11.3 Å². The van der Waals surface area contributed by atoms with Crippen molar-refractivity contribution in [3.8, 4) is 11.3 Å². The van der Waals surface area contributed by atoms with Crippen molar-refractivity contribution < 1.29 is 18.4 Å². The molecule has 1 aromatic carbocycles. The predicted octanol–water partition coefficient (Wildman–Crippen LogP) is 3.42. The molecule has 144 valence electrons. The fraction of sp³-hybridized carbons (Fsp3) is 0.389. The number of carbonyl (C=O) groups is 2. The number of benzene rings is 1. The Morgan fingerprint density at radius 1 is 1.30 bits per heavy atom. The van der Waals surface area contributed by atoms with Crippen molar-refractivity contribution in [3.63, 3.8) is 0 Å². The Labute approximate surface area is 159 Å². The van der Waals surface area contributed by atoms with Crippen LogP contribution in [-0.4, -0.2) is 53.9 Å². The van der Waals surface area contributed by atoms with Crippen molar-refractivity contribution in [1.29, 1.82) is 0 Å². The van der Waals surface area contributed by atoms with Crippen molar-refractivity contribution in [2.24, 2.45) is 5.92 Å². The number of nitrogens with one attached hydrogen (secondary N) is 1. The van der Waals surface area contributed by atoms with Crippen LogP contribution >= 0.6 is 11.3 Å². The molecule has 1 atom stereocenters. The summed E-state index contributed by atoms with van der Waals surface area (Å²) >= 11 is 1.10. The summed E-state index contributed by atoms with van der Waals surface area (Å²) in [6.45, 7) is 0.956. The minimum Gasteiger partial charge on any atom is -0.331 e. The molecule has 3 rings (SSSR count). The number of hydrogen-bond acceptors (Lipinski definition) is 4. The summed E-state index contributed by atoms with van der Waals surface area (Å²) in [6, 6.07) is 3.48. The number of carbonyl (C=O) groups excluding carboxylic acids is 2. The van der Waals surface area contributed by atoms with Crippen LogP contribution in [0.1, 0.15) is 12.8 Å². The quantitative estimate of drug-likeness (QED) is 0.868. The molecule has 0 saturated carbocycles. The van der Waals surface area contributed by atoms with Gasteiger partial charge < -0.3 is 15.1 Å². The average Bonchev–Trinajstić information content (AvgIpc) is 3.09. The van der Waals surface area contributed by atoms with Crippen LogP contribution in [0.2, 0.25) is 0 Å². The number of rotatable bonds is 3. The van der Waals surface area contributed by atoms with Gasteiger partial charge in [0, 0.05) is 32.6 Å². The lowest BCUT2D eigenvalue weighted by Gasteiger charge is -2.33. The molecule has 0 radical (unpaired) electrons. The van der Waals surface area contributed by atoms with Crippen LogP contribution in [0.4, 0.5) is 18.7 Å². The summed E-state index contributed by atoms with van der Waals surface area (Å²) in [5.74, 6) is -2.01. The number of anilines is 1. The van der Waals surface area contributed by atoms with Gasteiger partial charge in [-0.1, -0.05) is 6.07 Å². The second-order valence-corrected chi connectivity index (χ2v) is 7.44. The summed E-state index contributed by atoms with van der Waals surface area (Å²) in [6.07, 6.45) is 1.41. The van der Waals surface area contributed by atoms with Crippen LogP contribution in [0.15, 0.2) is 23.6 Å². The molecule has 1 aromatic heterocycles. The number of urea groups is 1. The Kier molecular flexibility index (Phi) is 5.69. The van der Waals surface area contributed by atoms with E-state index in [1.807, 2.05) is 0 Å².